The first-order chi connectivity index (χ1) is 9.36. The van der Waals surface area contributed by atoms with Gasteiger partial charge in [0.05, 0.1) is 16.9 Å². The molecule has 3 nitrogen and oxygen atoms in total. The van der Waals surface area contributed by atoms with Gasteiger partial charge in [0, 0.05) is 18.0 Å². The monoisotopic (exact) mass is 303 g/mol. The summed E-state index contributed by atoms with van der Waals surface area (Å²) in [5.41, 5.74) is -1.59. The van der Waals surface area contributed by atoms with E-state index in [0.717, 1.165) is 12.1 Å². The van der Waals surface area contributed by atoms with Gasteiger partial charge in [-0.2, -0.15) is 13.2 Å². The summed E-state index contributed by atoms with van der Waals surface area (Å²) in [7, 11) is 0. The highest BCUT2D eigenvalue weighted by atomic mass is 32.2. The van der Waals surface area contributed by atoms with Crippen LogP contribution in [-0.2, 0) is 6.18 Å². The molecule has 0 aliphatic heterocycles. The van der Waals surface area contributed by atoms with E-state index in [-0.39, 0.29) is 0 Å². The first-order valence-corrected chi connectivity index (χ1v) is 6.71. The minimum Gasteiger partial charge on any atom is -0.478 e. The van der Waals surface area contributed by atoms with Crippen LogP contribution in [0.3, 0.4) is 0 Å². The van der Waals surface area contributed by atoms with Gasteiger partial charge in [0.25, 0.3) is 0 Å². The van der Waals surface area contributed by atoms with E-state index in [1.54, 1.807) is 0 Å². The number of halogens is 3. The number of thioether (sulfide) groups is 1. The molecule has 0 saturated carbocycles. The van der Waals surface area contributed by atoms with E-state index in [0.29, 0.717) is 23.7 Å². The number of hydrogen-bond acceptors (Lipinski definition) is 3. The zero-order valence-corrected chi connectivity index (χ0v) is 11.1. The normalized spacial score (nSPS) is 10.9. The summed E-state index contributed by atoms with van der Waals surface area (Å²) >= 11 is 1.50. The van der Waals surface area contributed by atoms with E-state index in [4.69, 9.17) is 11.5 Å². The number of carboxylic acid groups (broad SMARTS) is 1. The van der Waals surface area contributed by atoms with Crippen molar-refractivity contribution >= 4 is 23.4 Å². The number of nitrogens with one attached hydrogen (secondary N) is 1. The Kier molecular flexibility index (Phi) is 5.77. The molecule has 1 rings (SSSR count). The van der Waals surface area contributed by atoms with Crippen LogP contribution in [0.15, 0.2) is 18.2 Å². The Hall–Kier alpha value is -1.81. The van der Waals surface area contributed by atoms with Crippen molar-refractivity contribution in [1.29, 1.82) is 0 Å². The lowest BCUT2D eigenvalue weighted by Gasteiger charge is -2.12. The van der Waals surface area contributed by atoms with Gasteiger partial charge in [0.2, 0.25) is 0 Å². The Labute approximate surface area is 118 Å². The van der Waals surface area contributed by atoms with E-state index in [1.807, 2.05) is 0 Å². The van der Waals surface area contributed by atoms with Crippen LogP contribution in [0, 0.1) is 12.3 Å². The summed E-state index contributed by atoms with van der Waals surface area (Å²) in [6.07, 6.45) is 0.384. The molecule has 1 aromatic carbocycles. The van der Waals surface area contributed by atoms with Crippen LogP contribution in [0.5, 0.6) is 0 Å². The fourth-order valence-corrected chi connectivity index (χ4v) is 1.99. The Bertz CT molecular complexity index is 523. The maximum absolute atomic E-state index is 12.6. The summed E-state index contributed by atoms with van der Waals surface area (Å²) in [6.45, 7) is 0.483. The van der Waals surface area contributed by atoms with Crippen LogP contribution in [0.1, 0.15) is 15.9 Å². The number of anilines is 1. The second-order valence-corrected chi connectivity index (χ2v) is 4.85. The molecule has 0 radical (unpaired) electrons. The molecule has 0 aliphatic carbocycles. The third kappa shape index (κ3) is 4.70. The molecule has 0 aliphatic rings. The zero-order chi connectivity index (χ0) is 15.2. The Morgan fingerprint density at radius 1 is 1.45 bits per heavy atom. The summed E-state index contributed by atoms with van der Waals surface area (Å²) < 4.78 is 37.9. The molecule has 0 aromatic heterocycles. The van der Waals surface area contributed by atoms with Crippen molar-refractivity contribution in [2.24, 2.45) is 0 Å². The second kappa shape index (κ2) is 7.10. The minimum atomic E-state index is -4.69. The highest BCUT2D eigenvalue weighted by Gasteiger charge is 2.35. The van der Waals surface area contributed by atoms with Crippen molar-refractivity contribution in [3.63, 3.8) is 0 Å². The summed E-state index contributed by atoms with van der Waals surface area (Å²) in [6, 6.07) is 2.96. The maximum atomic E-state index is 12.6. The maximum Gasteiger partial charge on any atom is 0.417 e. The molecule has 0 unspecified atom stereocenters. The second-order valence-electron chi connectivity index (χ2n) is 3.75. The molecule has 0 bridgehead atoms. The third-order valence-corrected chi connectivity index (χ3v) is 3.18. The molecule has 1 aromatic rings. The van der Waals surface area contributed by atoms with E-state index in [2.05, 4.69) is 11.2 Å². The van der Waals surface area contributed by atoms with Gasteiger partial charge in [-0.1, -0.05) is 5.92 Å². The molecule has 0 saturated heterocycles. The van der Waals surface area contributed by atoms with Gasteiger partial charge < -0.3 is 10.4 Å². The summed E-state index contributed by atoms with van der Waals surface area (Å²) in [5, 5.41) is 11.7. The Morgan fingerprint density at radius 2 is 2.15 bits per heavy atom. The van der Waals surface area contributed by atoms with Crippen molar-refractivity contribution in [3.8, 4) is 12.3 Å². The van der Waals surface area contributed by atoms with Crippen molar-refractivity contribution in [2.45, 2.75) is 6.18 Å². The number of terminal acetylenes is 1. The lowest BCUT2D eigenvalue weighted by Crippen LogP contribution is -2.14. The highest BCUT2D eigenvalue weighted by Crippen LogP contribution is 2.33. The van der Waals surface area contributed by atoms with Crippen LogP contribution in [0.25, 0.3) is 0 Å². The molecule has 0 heterocycles. The van der Waals surface area contributed by atoms with Crippen LogP contribution < -0.4 is 5.32 Å². The number of rotatable bonds is 6. The lowest BCUT2D eigenvalue weighted by atomic mass is 10.1. The van der Waals surface area contributed by atoms with Crippen molar-refractivity contribution < 1.29 is 23.1 Å². The first kappa shape index (κ1) is 16.2. The predicted molar refractivity (Wildman–Crippen MR) is 73.1 cm³/mol. The molecule has 2 N–H and O–H groups in total. The predicted octanol–water partition coefficient (Wildman–Crippen LogP) is 3.18. The molecular weight excluding hydrogens is 291 g/mol. The number of carbonyl (C=O) groups is 1. The van der Waals surface area contributed by atoms with Crippen molar-refractivity contribution in [3.05, 3.63) is 29.3 Å². The molecule has 108 valence electrons. The number of aromatic carboxylic acids is 1. The average molecular weight is 303 g/mol. The van der Waals surface area contributed by atoms with Crippen LogP contribution in [0.2, 0.25) is 0 Å². The molecule has 0 spiro atoms. The van der Waals surface area contributed by atoms with Gasteiger partial charge in [0.1, 0.15) is 0 Å². The van der Waals surface area contributed by atoms with Gasteiger partial charge in [-0.3, -0.25) is 0 Å². The van der Waals surface area contributed by atoms with Crippen molar-refractivity contribution in [1.82, 2.24) is 0 Å². The SMILES string of the molecule is C#CCSCCNc1ccc(C(F)(F)F)c(C(=O)O)c1. The quantitative estimate of drug-likeness (QED) is 0.626. The molecule has 7 heteroatoms. The summed E-state index contributed by atoms with van der Waals surface area (Å²) in [4.78, 5) is 10.9. The van der Waals surface area contributed by atoms with E-state index < -0.39 is 23.3 Å². The third-order valence-electron chi connectivity index (χ3n) is 2.32. The van der Waals surface area contributed by atoms with Crippen LogP contribution >= 0.6 is 11.8 Å². The van der Waals surface area contributed by atoms with Gasteiger partial charge in [0.15, 0.2) is 0 Å². The highest BCUT2D eigenvalue weighted by molar-refractivity contribution is 7.99. The van der Waals surface area contributed by atoms with Gasteiger partial charge in [-0.25, -0.2) is 4.79 Å². The molecule has 0 atom stereocenters. The standard InChI is InChI=1S/C13H12F3NO2S/c1-2-6-20-7-5-17-9-3-4-11(13(14,15)16)10(8-9)12(18)19/h1,3-4,8,17H,5-7H2,(H,18,19). The minimum absolute atomic E-state index is 0.330. The molecule has 0 fully saturated rings. The summed E-state index contributed by atoms with van der Waals surface area (Å²) in [5.74, 6) is 2.06. The van der Waals surface area contributed by atoms with E-state index in [9.17, 15) is 18.0 Å². The fourth-order valence-electron chi connectivity index (χ4n) is 1.48. The molecule has 0 amide bonds. The number of carboxylic acids is 1. The topological polar surface area (TPSA) is 49.3 Å². The first-order valence-electron chi connectivity index (χ1n) is 5.56. The van der Waals surface area contributed by atoms with Gasteiger partial charge in [-0.15, -0.1) is 18.2 Å². The Balaban J connectivity index is 2.79. The van der Waals surface area contributed by atoms with Gasteiger partial charge >= 0.3 is 12.1 Å². The number of benzene rings is 1. The number of hydrogen-bond donors (Lipinski definition) is 2. The average Bonchev–Trinajstić information content (AvgIpc) is 2.37. The Morgan fingerprint density at radius 3 is 2.70 bits per heavy atom. The van der Waals surface area contributed by atoms with Gasteiger partial charge in [-0.05, 0) is 18.2 Å². The number of alkyl halides is 3. The van der Waals surface area contributed by atoms with Crippen molar-refractivity contribution in [2.75, 3.05) is 23.4 Å². The zero-order valence-electron chi connectivity index (χ0n) is 10.3. The largest absolute Gasteiger partial charge is 0.478 e. The smallest absolute Gasteiger partial charge is 0.417 e. The van der Waals surface area contributed by atoms with E-state index >= 15 is 0 Å². The lowest BCUT2D eigenvalue weighted by molar-refractivity contribution is -0.138. The van der Waals surface area contributed by atoms with Crippen LogP contribution in [0.4, 0.5) is 18.9 Å². The molecular formula is C13H12F3NO2S. The van der Waals surface area contributed by atoms with E-state index in [1.165, 1.54) is 17.8 Å². The molecule has 20 heavy (non-hydrogen) atoms. The van der Waals surface area contributed by atoms with Crippen LogP contribution in [-0.4, -0.2) is 29.1 Å². The fraction of sp³-hybridized carbons (Fsp3) is 0.308.